The van der Waals surface area contributed by atoms with Crippen LogP contribution in [0.3, 0.4) is 0 Å². The van der Waals surface area contributed by atoms with Crippen molar-refractivity contribution >= 4 is 17.7 Å². The number of carboxylic acids is 1. The smallest absolute Gasteiger partial charge is 0.321 e. The molecule has 3 nitrogen and oxygen atoms in total. The van der Waals surface area contributed by atoms with E-state index < -0.39 is 12.0 Å². The van der Waals surface area contributed by atoms with Crippen LogP contribution in [0, 0.1) is 0 Å². The summed E-state index contributed by atoms with van der Waals surface area (Å²) in [5.74, 6) is 0.669. The number of carboxylic acid groups (broad SMARTS) is 1. The Morgan fingerprint density at radius 2 is 1.87 bits per heavy atom. The summed E-state index contributed by atoms with van der Waals surface area (Å²) in [5, 5.41) is 8.54. The lowest BCUT2D eigenvalue weighted by Gasteiger charge is -2.05. The molecule has 0 rings (SSSR count). The van der Waals surface area contributed by atoms with E-state index in [-0.39, 0.29) is 0 Å². The number of hydrogen-bond acceptors (Lipinski definition) is 3. The number of carbonyl (C=O) groups is 1. The van der Waals surface area contributed by atoms with Gasteiger partial charge in [0.2, 0.25) is 0 Å². The average molecular weight is 233 g/mol. The van der Waals surface area contributed by atoms with Crippen LogP contribution >= 0.6 is 11.8 Å². The van der Waals surface area contributed by atoms with Crippen molar-refractivity contribution in [3.63, 3.8) is 0 Å². The van der Waals surface area contributed by atoms with Crippen LogP contribution in [0.1, 0.15) is 45.4 Å². The maximum absolute atomic E-state index is 10.4. The summed E-state index contributed by atoms with van der Waals surface area (Å²) in [6, 6.07) is -0.699. The lowest BCUT2D eigenvalue weighted by molar-refractivity contribution is -0.137. The largest absolute Gasteiger partial charge is 0.480 e. The van der Waals surface area contributed by atoms with Gasteiger partial charge in [-0.1, -0.05) is 39.0 Å². The molecule has 0 saturated heterocycles. The average Bonchev–Trinajstić information content (AvgIpc) is 2.21. The third kappa shape index (κ3) is 10.1. The van der Waals surface area contributed by atoms with Gasteiger partial charge < -0.3 is 10.8 Å². The van der Waals surface area contributed by atoms with Gasteiger partial charge in [-0.25, -0.2) is 0 Å². The van der Waals surface area contributed by atoms with Crippen LogP contribution in [0.2, 0.25) is 0 Å². The summed E-state index contributed by atoms with van der Waals surface area (Å²) in [6.07, 6.45) is 7.68. The zero-order valence-electron chi connectivity index (χ0n) is 9.58. The van der Waals surface area contributed by atoms with E-state index in [2.05, 4.69) is 6.92 Å². The van der Waals surface area contributed by atoms with Crippen molar-refractivity contribution in [3.8, 4) is 0 Å². The Hall–Kier alpha value is -0.220. The van der Waals surface area contributed by atoms with Crippen molar-refractivity contribution in [2.75, 3.05) is 11.5 Å². The van der Waals surface area contributed by atoms with Gasteiger partial charge in [0, 0.05) is 5.75 Å². The molecule has 0 heterocycles. The molecule has 0 spiro atoms. The third-order valence-electron chi connectivity index (χ3n) is 2.26. The molecule has 0 aromatic rings. The van der Waals surface area contributed by atoms with Gasteiger partial charge in [0.1, 0.15) is 6.04 Å². The monoisotopic (exact) mass is 233 g/mol. The number of thioether (sulfide) groups is 1. The summed E-state index contributed by atoms with van der Waals surface area (Å²) >= 11 is 1.65. The van der Waals surface area contributed by atoms with Crippen LogP contribution in [-0.2, 0) is 4.79 Å². The highest BCUT2D eigenvalue weighted by atomic mass is 32.2. The van der Waals surface area contributed by atoms with E-state index in [1.54, 1.807) is 11.8 Å². The molecule has 0 amide bonds. The van der Waals surface area contributed by atoms with Crippen molar-refractivity contribution in [2.24, 2.45) is 5.73 Å². The standard InChI is InChI=1S/C11H23NO2S/c1-2-3-4-5-6-7-8-15-9-10(12)11(13)14/h10H,2-9,12H2,1H3,(H,13,14)/t10-/m0/s1. The highest BCUT2D eigenvalue weighted by Gasteiger charge is 2.09. The van der Waals surface area contributed by atoms with Gasteiger partial charge in [0.25, 0.3) is 0 Å². The van der Waals surface area contributed by atoms with Gasteiger partial charge in [-0.3, -0.25) is 4.79 Å². The summed E-state index contributed by atoms with van der Waals surface area (Å²) in [7, 11) is 0. The lowest BCUT2D eigenvalue weighted by Crippen LogP contribution is -2.32. The Labute approximate surface area is 96.8 Å². The van der Waals surface area contributed by atoms with Crippen molar-refractivity contribution in [3.05, 3.63) is 0 Å². The number of hydrogen-bond donors (Lipinski definition) is 2. The van der Waals surface area contributed by atoms with E-state index in [4.69, 9.17) is 10.8 Å². The van der Waals surface area contributed by atoms with Crippen molar-refractivity contribution in [2.45, 2.75) is 51.5 Å². The van der Waals surface area contributed by atoms with Crippen LogP contribution < -0.4 is 5.73 Å². The van der Waals surface area contributed by atoms with Crippen molar-refractivity contribution in [1.82, 2.24) is 0 Å². The Morgan fingerprint density at radius 3 is 2.47 bits per heavy atom. The Kier molecular flexibility index (Phi) is 10.2. The molecule has 90 valence electrons. The van der Waals surface area contributed by atoms with Crippen LogP contribution in [0.15, 0.2) is 0 Å². The van der Waals surface area contributed by atoms with E-state index in [0.717, 1.165) is 5.75 Å². The second-order valence-electron chi connectivity index (χ2n) is 3.79. The highest BCUT2D eigenvalue weighted by molar-refractivity contribution is 7.99. The normalized spacial score (nSPS) is 12.7. The molecule has 0 unspecified atom stereocenters. The quantitative estimate of drug-likeness (QED) is 0.569. The summed E-state index contributed by atoms with van der Waals surface area (Å²) in [4.78, 5) is 10.4. The molecule has 15 heavy (non-hydrogen) atoms. The highest BCUT2D eigenvalue weighted by Crippen LogP contribution is 2.10. The predicted molar refractivity (Wildman–Crippen MR) is 66.3 cm³/mol. The molecule has 0 aliphatic heterocycles. The first-order valence-corrected chi connectivity index (χ1v) is 6.90. The fraction of sp³-hybridized carbons (Fsp3) is 0.909. The Bertz CT molecular complexity index is 165. The van der Waals surface area contributed by atoms with E-state index in [1.165, 1.54) is 38.5 Å². The second kappa shape index (κ2) is 10.3. The summed E-state index contributed by atoms with van der Waals surface area (Å²) in [6.45, 7) is 2.21. The molecule has 1 atom stereocenters. The maximum Gasteiger partial charge on any atom is 0.321 e. The molecule has 0 aliphatic carbocycles. The molecule has 0 aromatic heterocycles. The Balaban J connectivity index is 3.08. The number of aliphatic carboxylic acids is 1. The molecule has 4 heteroatoms. The summed E-state index contributed by atoms with van der Waals surface area (Å²) in [5.41, 5.74) is 5.38. The van der Waals surface area contributed by atoms with Gasteiger partial charge in [0.15, 0.2) is 0 Å². The molecule has 0 aromatic carbocycles. The molecular formula is C11H23NO2S. The molecule has 3 N–H and O–H groups in total. The summed E-state index contributed by atoms with van der Waals surface area (Å²) < 4.78 is 0. The van der Waals surface area contributed by atoms with Crippen LogP contribution in [0.5, 0.6) is 0 Å². The van der Waals surface area contributed by atoms with E-state index in [9.17, 15) is 4.79 Å². The minimum absolute atomic E-state index is 0.532. The first-order valence-electron chi connectivity index (χ1n) is 5.74. The van der Waals surface area contributed by atoms with E-state index in [1.807, 2.05) is 0 Å². The maximum atomic E-state index is 10.4. The Morgan fingerprint density at radius 1 is 1.27 bits per heavy atom. The fourth-order valence-corrected chi connectivity index (χ4v) is 2.24. The van der Waals surface area contributed by atoms with Gasteiger partial charge in [-0.15, -0.1) is 0 Å². The molecule has 0 saturated carbocycles. The minimum atomic E-state index is -0.898. The molecule has 0 aliphatic rings. The van der Waals surface area contributed by atoms with Gasteiger partial charge in [-0.05, 0) is 12.2 Å². The van der Waals surface area contributed by atoms with Crippen molar-refractivity contribution in [1.29, 1.82) is 0 Å². The molecule has 0 bridgehead atoms. The van der Waals surface area contributed by atoms with Gasteiger partial charge >= 0.3 is 5.97 Å². The SMILES string of the molecule is CCCCCCCCSC[C@H](N)C(=O)O. The van der Waals surface area contributed by atoms with Gasteiger partial charge in [-0.2, -0.15) is 11.8 Å². The number of nitrogens with two attached hydrogens (primary N) is 1. The predicted octanol–water partition coefficient (Wildman–Crippen LogP) is 2.49. The molecule has 0 radical (unpaired) electrons. The zero-order valence-corrected chi connectivity index (χ0v) is 10.4. The zero-order chi connectivity index (χ0) is 11.5. The van der Waals surface area contributed by atoms with Crippen molar-refractivity contribution < 1.29 is 9.90 Å². The minimum Gasteiger partial charge on any atom is -0.480 e. The van der Waals surface area contributed by atoms with E-state index >= 15 is 0 Å². The van der Waals surface area contributed by atoms with E-state index in [0.29, 0.717) is 5.75 Å². The van der Waals surface area contributed by atoms with Crippen LogP contribution in [-0.4, -0.2) is 28.6 Å². The van der Waals surface area contributed by atoms with Crippen LogP contribution in [0.25, 0.3) is 0 Å². The molecular weight excluding hydrogens is 210 g/mol. The number of unbranched alkanes of at least 4 members (excludes halogenated alkanes) is 5. The number of rotatable bonds is 10. The van der Waals surface area contributed by atoms with Gasteiger partial charge in [0.05, 0.1) is 0 Å². The topological polar surface area (TPSA) is 63.3 Å². The third-order valence-corrected chi connectivity index (χ3v) is 3.43. The fourth-order valence-electron chi connectivity index (χ4n) is 1.27. The van der Waals surface area contributed by atoms with Crippen LogP contribution in [0.4, 0.5) is 0 Å². The lowest BCUT2D eigenvalue weighted by atomic mass is 10.1. The first-order chi connectivity index (χ1) is 7.18. The second-order valence-corrected chi connectivity index (χ2v) is 4.94. The molecule has 0 fully saturated rings. The first kappa shape index (κ1) is 14.8.